The van der Waals surface area contributed by atoms with Crippen molar-refractivity contribution in [3.05, 3.63) is 47.5 Å². The van der Waals surface area contributed by atoms with Crippen LogP contribution in [-0.2, 0) is 16.6 Å². The van der Waals surface area contributed by atoms with E-state index in [2.05, 4.69) is 10.5 Å². The fourth-order valence-electron chi connectivity index (χ4n) is 1.69. The first-order valence-electron chi connectivity index (χ1n) is 6.37. The van der Waals surface area contributed by atoms with E-state index in [4.69, 9.17) is 4.52 Å². The van der Waals surface area contributed by atoms with E-state index in [0.717, 1.165) is 0 Å². The maximum atomic E-state index is 13.4. The highest BCUT2D eigenvalue weighted by Gasteiger charge is 2.20. The van der Waals surface area contributed by atoms with Crippen molar-refractivity contribution in [1.29, 1.82) is 0 Å². The largest absolute Gasteiger partial charge is 0.359 e. The number of hydrogen-bond donors (Lipinski definition) is 1. The van der Waals surface area contributed by atoms with Crippen LogP contribution in [0.3, 0.4) is 0 Å². The molecule has 0 atom stereocenters. The number of benzene rings is 1. The number of carbonyl (C=O) groups is 1. The van der Waals surface area contributed by atoms with Crippen molar-refractivity contribution in [1.82, 2.24) is 5.16 Å². The van der Waals surface area contributed by atoms with Crippen LogP contribution in [0.2, 0.25) is 0 Å². The Labute approximate surface area is 117 Å². The quantitative estimate of drug-likeness (QED) is 0.935. The molecule has 0 spiro atoms. The fraction of sp³-hybridized carbons (Fsp3) is 0.333. The molecule has 20 heavy (non-hydrogen) atoms. The van der Waals surface area contributed by atoms with E-state index in [1.165, 1.54) is 6.07 Å². The fourth-order valence-corrected chi connectivity index (χ4v) is 1.69. The molecule has 0 saturated carbocycles. The zero-order valence-corrected chi connectivity index (χ0v) is 11.7. The number of rotatable bonds is 3. The molecule has 0 radical (unpaired) electrons. The molecule has 0 aliphatic heterocycles. The van der Waals surface area contributed by atoms with Crippen molar-refractivity contribution in [2.24, 2.45) is 0 Å². The van der Waals surface area contributed by atoms with E-state index in [0.29, 0.717) is 17.1 Å². The summed E-state index contributed by atoms with van der Waals surface area (Å²) in [7, 11) is 0. The summed E-state index contributed by atoms with van der Waals surface area (Å²) in [5, 5.41) is 6.39. The monoisotopic (exact) mass is 276 g/mol. The molecule has 2 rings (SSSR count). The molecule has 1 amide bonds. The summed E-state index contributed by atoms with van der Waals surface area (Å²) in [6.45, 7) is 5.95. The Hall–Kier alpha value is -2.17. The smallest absolute Gasteiger partial charge is 0.230 e. The predicted molar refractivity (Wildman–Crippen MR) is 73.9 cm³/mol. The lowest BCUT2D eigenvalue weighted by Crippen LogP contribution is -2.15. The summed E-state index contributed by atoms with van der Waals surface area (Å²) in [4.78, 5) is 11.8. The number of nitrogens with one attached hydrogen (secondary N) is 1. The molecule has 106 valence electrons. The van der Waals surface area contributed by atoms with Gasteiger partial charge in [0.25, 0.3) is 0 Å². The van der Waals surface area contributed by atoms with Gasteiger partial charge in [0.05, 0.1) is 6.42 Å². The van der Waals surface area contributed by atoms with Crippen molar-refractivity contribution < 1.29 is 13.7 Å². The molecule has 0 unspecified atom stereocenters. The first-order chi connectivity index (χ1) is 9.36. The van der Waals surface area contributed by atoms with Gasteiger partial charge in [0, 0.05) is 11.5 Å². The summed E-state index contributed by atoms with van der Waals surface area (Å²) in [5.74, 6) is 0.303. The number of nitrogens with zero attached hydrogens (tertiary/aromatic N) is 1. The third-order valence-corrected chi connectivity index (χ3v) is 2.83. The van der Waals surface area contributed by atoms with E-state index in [-0.39, 0.29) is 17.7 Å². The molecule has 0 fully saturated rings. The van der Waals surface area contributed by atoms with Crippen LogP contribution < -0.4 is 5.32 Å². The molecular weight excluding hydrogens is 259 g/mol. The van der Waals surface area contributed by atoms with Gasteiger partial charge in [-0.25, -0.2) is 4.39 Å². The Morgan fingerprint density at radius 1 is 1.35 bits per heavy atom. The molecule has 1 N–H and O–H groups in total. The van der Waals surface area contributed by atoms with Gasteiger partial charge in [-0.2, -0.15) is 0 Å². The minimum absolute atomic E-state index is 0.0373. The van der Waals surface area contributed by atoms with Crippen LogP contribution in [0.4, 0.5) is 10.2 Å². The second-order valence-corrected chi connectivity index (χ2v) is 5.64. The lowest BCUT2D eigenvalue weighted by molar-refractivity contribution is -0.115. The molecule has 1 aromatic heterocycles. The Balaban J connectivity index is 2.02. The number of anilines is 1. The summed E-state index contributed by atoms with van der Waals surface area (Å²) in [5.41, 5.74) is 0.172. The average Bonchev–Trinajstić information content (AvgIpc) is 2.80. The van der Waals surface area contributed by atoms with Gasteiger partial charge in [0.2, 0.25) is 5.91 Å². The van der Waals surface area contributed by atoms with E-state index in [9.17, 15) is 9.18 Å². The van der Waals surface area contributed by atoms with E-state index in [1.807, 2.05) is 20.8 Å². The second kappa shape index (κ2) is 5.45. The average molecular weight is 276 g/mol. The lowest BCUT2D eigenvalue weighted by atomic mass is 9.93. The van der Waals surface area contributed by atoms with E-state index in [1.54, 1.807) is 24.3 Å². The normalized spacial score (nSPS) is 11.4. The van der Waals surface area contributed by atoms with Gasteiger partial charge in [0.1, 0.15) is 11.6 Å². The van der Waals surface area contributed by atoms with E-state index < -0.39 is 5.82 Å². The van der Waals surface area contributed by atoms with Crippen LogP contribution in [0.5, 0.6) is 0 Å². The second-order valence-electron chi connectivity index (χ2n) is 5.64. The summed E-state index contributed by atoms with van der Waals surface area (Å²) >= 11 is 0. The Morgan fingerprint density at radius 2 is 2.05 bits per heavy atom. The van der Waals surface area contributed by atoms with Crippen molar-refractivity contribution >= 4 is 11.7 Å². The van der Waals surface area contributed by atoms with Crippen molar-refractivity contribution in [3.63, 3.8) is 0 Å². The number of halogens is 1. The first-order valence-corrected chi connectivity index (χ1v) is 6.37. The molecule has 1 heterocycles. The highest BCUT2D eigenvalue weighted by molar-refractivity contribution is 5.91. The maximum absolute atomic E-state index is 13.4. The SMILES string of the molecule is CC(C)(C)c1cc(NC(=O)Cc2ccccc2F)no1. The molecule has 0 aliphatic rings. The van der Waals surface area contributed by atoms with Crippen LogP contribution in [0, 0.1) is 5.82 Å². The zero-order valence-electron chi connectivity index (χ0n) is 11.7. The number of amides is 1. The molecular formula is C15H17FN2O2. The Bertz CT molecular complexity index is 614. The Kier molecular flexibility index (Phi) is 3.88. The third kappa shape index (κ3) is 3.44. The molecule has 5 heteroatoms. The minimum Gasteiger partial charge on any atom is -0.359 e. The summed E-state index contributed by atoms with van der Waals surface area (Å²) in [6.07, 6.45) is -0.0373. The van der Waals surface area contributed by atoms with Crippen LogP contribution in [0.1, 0.15) is 32.1 Å². The van der Waals surface area contributed by atoms with Crippen LogP contribution >= 0.6 is 0 Å². The zero-order chi connectivity index (χ0) is 14.8. The highest BCUT2D eigenvalue weighted by atomic mass is 19.1. The third-order valence-electron chi connectivity index (χ3n) is 2.83. The summed E-state index contributed by atoms with van der Waals surface area (Å²) < 4.78 is 18.6. The van der Waals surface area contributed by atoms with Crippen molar-refractivity contribution in [2.45, 2.75) is 32.6 Å². The first kappa shape index (κ1) is 14.2. The van der Waals surface area contributed by atoms with E-state index >= 15 is 0 Å². The number of aromatic nitrogens is 1. The Morgan fingerprint density at radius 3 is 2.65 bits per heavy atom. The number of carbonyl (C=O) groups excluding carboxylic acids is 1. The molecule has 1 aromatic carbocycles. The van der Waals surface area contributed by atoms with Crippen LogP contribution in [-0.4, -0.2) is 11.1 Å². The topological polar surface area (TPSA) is 55.1 Å². The maximum Gasteiger partial charge on any atom is 0.230 e. The number of hydrogen-bond acceptors (Lipinski definition) is 3. The van der Waals surface area contributed by atoms with Crippen LogP contribution in [0.15, 0.2) is 34.9 Å². The van der Waals surface area contributed by atoms with Gasteiger partial charge >= 0.3 is 0 Å². The van der Waals surface area contributed by atoms with Gasteiger partial charge in [-0.3, -0.25) is 4.79 Å². The highest BCUT2D eigenvalue weighted by Crippen LogP contribution is 2.24. The van der Waals surface area contributed by atoms with Gasteiger partial charge in [0.15, 0.2) is 5.82 Å². The summed E-state index contributed by atoms with van der Waals surface area (Å²) in [6, 6.07) is 7.87. The molecule has 4 nitrogen and oxygen atoms in total. The predicted octanol–water partition coefficient (Wildman–Crippen LogP) is 3.29. The van der Waals surface area contributed by atoms with Gasteiger partial charge in [-0.05, 0) is 11.6 Å². The van der Waals surface area contributed by atoms with Gasteiger partial charge in [-0.1, -0.05) is 44.1 Å². The molecule has 0 bridgehead atoms. The van der Waals surface area contributed by atoms with Crippen LogP contribution in [0.25, 0.3) is 0 Å². The molecule has 2 aromatic rings. The van der Waals surface area contributed by atoms with Crippen molar-refractivity contribution in [2.75, 3.05) is 5.32 Å². The van der Waals surface area contributed by atoms with Gasteiger partial charge in [-0.15, -0.1) is 0 Å². The standard InChI is InChI=1S/C15H17FN2O2/c1-15(2,3)12-9-13(18-20-12)17-14(19)8-10-6-4-5-7-11(10)16/h4-7,9H,8H2,1-3H3,(H,17,18,19). The van der Waals surface area contributed by atoms with Gasteiger partial charge < -0.3 is 9.84 Å². The van der Waals surface area contributed by atoms with Crippen molar-refractivity contribution in [3.8, 4) is 0 Å². The lowest BCUT2D eigenvalue weighted by Gasteiger charge is -2.12. The minimum atomic E-state index is -0.391. The molecule has 0 aliphatic carbocycles. The molecule has 0 saturated heterocycles.